The highest BCUT2D eigenvalue weighted by Crippen LogP contribution is 2.57. The molecule has 5 aliphatic carbocycles. The van der Waals surface area contributed by atoms with Gasteiger partial charge in [-0.25, -0.2) is 0 Å². The highest BCUT2D eigenvalue weighted by molar-refractivity contribution is 8.00. The molecule has 14 atom stereocenters. The van der Waals surface area contributed by atoms with Crippen molar-refractivity contribution in [2.24, 2.45) is 41.4 Å². The first-order valence-corrected chi connectivity index (χ1v) is 21.9. The third-order valence-corrected chi connectivity index (χ3v) is 19.4. The highest BCUT2D eigenvalue weighted by atomic mass is 32.2. The van der Waals surface area contributed by atoms with Crippen LogP contribution in [0.2, 0.25) is 0 Å². The van der Waals surface area contributed by atoms with Crippen LogP contribution in [-0.4, -0.2) is 81.2 Å². The van der Waals surface area contributed by atoms with Gasteiger partial charge in [-0.3, -0.25) is 9.80 Å². The zero-order valence-corrected chi connectivity index (χ0v) is 29.1. The van der Waals surface area contributed by atoms with E-state index in [1.54, 1.807) is 25.7 Å². The smallest absolute Gasteiger partial charge is 0.0417 e. The molecule has 5 saturated carbocycles. The molecule has 14 rings (SSSR count). The molecular formula is C40H64N4S. The fourth-order valence-corrected chi connectivity index (χ4v) is 17.9. The molecule has 9 aliphatic heterocycles. The number of nitrogens with one attached hydrogen (secondary N) is 2. The topological polar surface area (TPSA) is 30.5 Å². The summed E-state index contributed by atoms with van der Waals surface area (Å²) < 4.78 is 0. The minimum Gasteiger partial charge on any atom is -0.312 e. The molecule has 45 heavy (non-hydrogen) atoms. The lowest BCUT2D eigenvalue weighted by Crippen LogP contribution is -2.66. The minimum absolute atomic E-state index is 0.780. The molecule has 5 heteroatoms. The van der Waals surface area contributed by atoms with E-state index in [4.69, 9.17) is 0 Å². The van der Waals surface area contributed by atoms with Crippen molar-refractivity contribution in [2.45, 2.75) is 200 Å². The Kier molecular flexibility index (Phi) is 7.31. The minimum atomic E-state index is 0.780. The molecule has 0 spiro atoms. The Morgan fingerprint density at radius 1 is 0.467 bits per heavy atom. The number of nitrogens with zero attached hydrogens (tertiary/aromatic N) is 2. The largest absolute Gasteiger partial charge is 0.312 e. The number of hydrogen-bond acceptors (Lipinski definition) is 5. The van der Waals surface area contributed by atoms with Crippen molar-refractivity contribution in [3.05, 3.63) is 0 Å². The summed E-state index contributed by atoms with van der Waals surface area (Å²) in [5, 5.41) is 10.8. The Morgan fingerprint density at radius 2 is 1.11 bits per heavy atom. The SMILES string of the molecule is C1CCC2C(C1)C1CNC3C4CCCCC4N4C5CCC(CC5)C5CCC6SC7CCC(CC7C6N5)C5CCC(CC5)N2C1C34. The van der Waals surface area contributed by atoms with Crippen molar-refractivity contribution in [1.29, 1.82) is 0 Å². The maximum atomic E-state index is 4.49. The van der Waals surface area contributed by atoms with E-state index in [1.807, 2.05) is 0 Å². The lowest BCUT2D eigenvalue weighted by molar-refractivity contribution is -0.0233. The predicted molar refractivity (Wildman–Crippen MR) is 185 cm³/mol. The van der Waals surface area contributed by atoms with Gasteiger partial charge in [0, 0.05) is 71.4 Å². The van der Waals surface area contributed by atoms with Crippen molar-refractivity contribution in [3.8, 4) is 0 Å². The van der Waals surface area contributed by atoms with Crippen molar-refractivity contribution < 1.29 is 0 Å². The average Bonchev–Trinajstić information content (AvgIpc) is 3.75. The van der Waals surface area contributed by atoms with Crippen LogP contribution < -0.4 is 10.6 Å². The predicted octanol–water partition coefficient (Wildman–Crippen LogP) is 7.21. The van der Waals surface area contributed by atoms with E-state index in [2.05, 4.69) is 32.2 Å². The van der Waals surface area contributed by atoms with Crippen molar-refractivity contribution in [3.63, 3.8) is 0 Å². The van der Waals surface area contributed by atoms with Crippen LogP contribution in [0.15, 0.2) is 0 Å². The molecule has 0 aromatic rings. The second-order valence-corrected chi connectivity index (χ2v) is 20.5. The third kappa shape index (κ3) is 4.43. The van der Waals surface area contributed by atoms with Crippen LogP contribution in [0.1, 0.15) is 135 Å². The monoisotopic (exact) mass is 632 g/mol. The van der Waals surface area contributed by atoms with Crippen LogP contribution in [0.5, 0.6) is 0 Å². The fourth-order valence-electron chi connectivity index (χ4n) is 15.9. The van der Waals surface area contributed by atoms with E-state index in [0.29, 0.717) is 0 Å². The van der Waals surface area contributed by atoms with Crippen LogP contribution in [-0.2, 0) is 0 Å². The normalized spacial score (nSPS) is 58.9. The Bertz CT molecular complexity index is 1020. The quantitative estimate of drug-likeness (QED) is 0.295. The van der Waals surface area contributed by atoms with Crippen LogP contribution in [0, 0.1) is 41.4 Å². The molecule has 14 aliphatic rings. The van der Waals surface area contributed by atoms with E-state index < -0.39 is 0 Å². The van der Waals surface area contributed by atoms with Crippen LogP contribution in [0.4, 0.5) is 0 Å². The molecule has 9 heterocycles. The number of thioether (sulfide) groups is 1. The molecule has 0 aromatic carbocycles. The summed E-state index contributed by atoms with van der Waals surface area (Å²) in [6, 6.07) is 7.66. The third-order valence-electron chi connectivity index (χ3n) is 17.6. The van der Waals surface area contributed by atoms with Gasteiger partial charge in [-0.1, -0.05) is 25.7 Å². The van der Waals surface area contributed by atoms with Crippen LogP contribution in [0.25, 0.3) is 0 Å². The molecule has 0 amide bonds. The molecule has 14 fully saturated rings. The molecular weight excluding hydrogens is 569 g/mol. The van der Waals surface area contributed by atoms with Gasteiger partial charge in [-0.05, 0) is 151 Å². The van der Waals surface area contributed by atoms with Gasteiger partial charge in [0.1, 0.15) is 0 Å². The number of hydrogen-bond donors (Lipinski definition) is 2. The average molecular weight is 633 g/mol. The summed E-state index contributed by atoms with van der Waals surface area (Å²) in [5.41, 5.74) is 0. The molecule has 14 unspecified atom stereocenters. The molecule has 0 aromatic heterocycles. The number of fused-ring (bicyclic) bond motifs is 4. The lowest BCUT2D eigenvalue weighted by Gasteiger charge is -2.52. The van der Waals surface area contributed by atoms with E-state index in [0.717, 1.165) is 106 Å². The van der Waals surface area contributed by atoms with Gasteiger partial charge >= 0.3 is 0 Å². The van der Waals surface area contributed by atoms with E-state index >= 15 is 0 Å². The van der Waals surface area contributed by atoms with Crippen molar-refractivity contribution in [2.75, 3.05) is 6.54 Å². The first kappa shape index (κ1) is 29.0. The van der Waals surface area contributed by atoms with Gasteiger partial charge in [0.25, 0.3) is 0 Å². The van der Waals surface area contributed by atoms with Gasteiger partial charge in [0.2, 0.25) is 0 Å². The van der Waals surface area contributed by atoms with Crippen molar-refractivity contribution in [1.82, 2.24) is 20.4 Å². The van der Waals surface area contributed by atoms with Gasteiger partial charge in [0.15, 0.2) is 0 Å². The van der Waals surface area contributed by atoms with Gasteiger partial charge in [0.05, 0.1) is 0 Å². The molecule has 8 bridgehead atoms. The van der Waals surface area contributed by atoms with Gasteiger partial charge in [-0.2, -0.15) is 11.8 Å². The van der Waals surface area contributed by atoms with E-state index in [-0.39, 0.29) is 0 Å². The maximum absolute atomic E-state index is 4.49. The summed E-state index contributed by atoms with van der Waals surface area (Å²) in [4.78, 5) is 6.76. The summed E-state index contributed by atoms with van der Waals surface area (Å²) in [7, 11) is 0. The Hall–Kier alpha value is 0.190. The van der Waals surface area contributed by atoms with Gasteiger partial charge < -0.3 is 10.6 Å². The zero-order valence-electron chi connectivity index (χ0n) is 28.3. The molecule has 9 saturated heterocycles. The Balaban J connectivity index is 0.974. The zero-order chi connectivity index (χ0) is 29.2. The number of rotatable bonds is 0. The molecule has 0 radical (unpaired) electrons. The summed E-state index contributed by atoms with van der Waals surface area (Å²) in [6.45, 7) is 1.35. The first-order chi connectivity index (χ1) is 22.3. The van der Waals surface area contributed by atoms with Crippen LogP contribution >= 0.6 is 11.8 Å². The maximum Gasteiger partial charge on any atom is 0.0417 e. The van der Waals surface area contributed by atoms with Crippen molar-refractivity contribution >= 4 is 11.8 Å². The molecule has 4 nitrogen and oxygen atoms in total. The summed E-state index contributed by atoms with van der Waals surface area (Å²) >= 11 is 2.46. The number of piperidine rings is 2. The Morgan fingerprint density at radius 3 is 1.91 bits per heavy atom. The van der Waals surface area contributed by atoms with Crippen LogP contribution in [0.3, 0.4) is 0 Å². The molecule has 2 N–H and O–H groups in total. The second kappa shape index (κ2) is 11.4. The summed E-state index contributed by atoms with van der Waals surface area (Å²) in [5.74, 6) is 6.84. The Labute approximate surface area is 279 Å². The fraction of sp³-hybridized carbons (Fsp3) is 1.00. The highest BCUT2D eigenvalue weighted by Gasteiger charge is 2.64. The van der Waals surface area contributed by atoms with Gasteiger partial charge in [-0.15, -0.1) is 0 Å². The standard InChI is InChI=1S/C40H64N4S/c1-3-7-33-28(5-1)31-22-41-38-29-6-2-4-8-34(29)44-27-16-11-24(12-17-27)32-18-20-36-37(42-32)30-21-25(13-19-35(30)45-36)23-9-14-26(15-10-23)43(33)39(31)40(38)44/h23-42H,1-22H2. The van der Waals surface area contributed by atoms with E-state index in [9.17, 15) is 0 Å². The molecule has 250 valence electrons. The first-order valence-electron chi connectivity index (χ1n) is 21.0. The van der Waals surface area contributed by atoms with E-state index in [1.165, 1.54) is 116 Å². The second-order valence-electron chi connectivity index (χ2n) is 19.0. The summed E-state index contributed by atoms with van der Waals surface area (Å²) in [6.07, 6.45) is 31.9. The lowest BCUT2D eigenvalue weighted by atomic mass is 9.66.